The van der Waals surface area contributed by atoms with Crippen molar-refractivity contribution >= 4 is 33.4 Å². The van der Waals surface area contributed by atoms with E-state index in [0.29, 0.717) is 31.9 Å². The van der Waals surface area contributed by atoms with Gasteiger partial charge in [0.2, 0.25) is 15.9 Å². The number of benzene rings is 2. The van der Waals surface area contributed by atoms with Crippen LogP contribution in [0.25, 0.3) is 0 Å². The van der Waals surface area contributed by atoms with Gasteiger partial charge in [-0.2, -0.15) is 4.31 Å². The second-order valence-electron chi connectivity index (χ2n) is 6.53. The van der Waals surface area contributed by atoms with Crippen LogP contribution in [0.5, 0.6) is 0 Å². The number of carbonyl (C=O) groups excluding carboxylic acids is 1. The molecule has 0 unspecified atom stereocenters. The highest BCUT2D eigenvalue weighted by Gasteiger charge is 2.27. The number of nitrogens with one attached hydrogen (secondary N) is 1. The molecule has 0 bridgehead atoms. The summed E-state index contributed by atoms with van der Waals surface area (Å²) in [5, 5.41) is 2.72. The third-order valence-corrected chi connectivity index (χ3v) is 7.31. The fourth-order valence-electron chi connectivity index (χ4n) is 2.79. The molecule has 1 saturated heterocycles. The predicted octanol–water partition coefficient (Wildman–Crippen LogP) is 2.49. The molecular formula is C19H22FN3O3S2. The molecule has 3 rings (SSSR count). The predicted molar refractivity (Wildman–Crippen MR) is 108 cm³/mol. The van der Waals surface area contributed by atoms with Crippen LogP contribution in [0, 0.1) is 5.82 Å². The van der Waals surface area contributed by atoms with E-state index in [1.54, 1.807) is 24.3 Å². The fraction of sp³-hybridized carbons (Fsp3) is 0.316. The van der Waals surface area contributed by atoms with Crippen molar-refractivity contribution in [1.82, 2.24) is 9.21 Å². The highest BCUT2D eigenvalue weighted by atomic mass is 32.2. The molecule has 0 aliphatic carbocycles. The number of nitrogens with zero attached hydrogens (tertiary/aromatic N) is 2. The molecule has 2 aromatic carbocycles. The Morgan fingerprint density at radius 2 is 1.79 bits per heavy atom. The molecule has 6 nitrogen and oxygen atoms in total. The molecule has 1 N–H and O–H groups in total. The Balaban J connectivity index is 1.62. The number of likely N-dealkylation sites (N-methyl/N-ethyl adjacent to an activating group) is 1. The quantitative estimate of drug-likeness (QED) is 0.723. The molecule has 1 fully saturated rings. The van der Waals surface area contributed by atoms with Crippen LogP contribution >= 0.6 is 11.8 Å². The van der Waals surface area contributed by atoms with Crippen molar-refractivity contribution < 1.29 is 17.6 Å². The normalized spacial score (nSPS) is 16.1. The topological polar surface area (TPSA) is 69.7 Å². The molecule has 0 saturated carbocycles. The second-order valence-corrected chi connectivity index (χ2v) is 9.51. The van der Waals surface area contributed by atoms with Gasteiger partial charge in [-0.25, -0.2) is 12.8 Å². The summed E-state index contributed by atoms with van der Waals surface area (Å²) in [6.07, 6.45) is 0. The maximum Gasteiger partial charge on any atom is 0.243 e. The van der Waals surface area contributed by atoms with Gasteiger partial charge in [-0.3, -0.25) is 4.79 Å². The van der Waals surface area contributed by atoms with Gasteiger partial charge >= 0.3 is 0 Å². The molecule has 1 aliphatic rings. The smallest absolute Gasteiger partial charge is 0.243 e. The van der Waals surface area contributed by atoms with E-state index in [-0.39, 0.29) is 22.4 Å². The molecule has 28 heavy (non-hydrogen) atoms. The lowest BCUT2D eigenvalue weighted by molar-refractivity contribution is -0.113. The van der Waals surface area contributed by atoms with Crippen LogP contribution in [0.4, 0.5) is 10.1 Å². The maximum absolute atomic E-state index is 12.9. The minimum atomic E-state index is -3.59. The Kier molecular flexibility index (Phi) is 6.71. The van der Waals surface area contributed by atoms with Gasteiger partial charge in [-0.15, -0.1) is 11.8 Å². The number of thioether (sulfide) groups is 1. The summed E-state index contributed by atoms with van der Waals surface area (Å²) in [5.41, 5.74) is 0.430. The first kappa shape index (κ1) is 20.8. The van der Waals surface area contributed by atoms with Gasteiger partial charge in [0.1, 0.15) is 5.82 Å². The van der Waals surface area contributed by atoms with Gasteiger partial charge in [-0.1, -0.05) is 6.07 Å². The lowest BCUT2D eigenvalue weighted by atomic mass is 10.3. The van der Waals surface area contributed by atoms with E-state index >= 15 is 0 Å². The maximum atomic E-state index is 12.9. The minimum absolute atomic E-state index is 0.140. The van der Waals surface area contributed by atoms with E-state index in [9.17, 15) is 17.6 Å². The van der Waals surface area contributed by atoms with Crippen molar-refractivity contribution in [3.8, 4) is 0 Å². The number of carbonyl (C=O) groups is 1. The summed E-state index contributed by atoms with van der Waals surface area (Å²) in [4.78, 5) is 15.2. The number of hydrogen-bond acceptors (Lipinski definition) is 5. The summed E-state index contributed by atoms with van der Waals surface area (Å²) in [5.74, 6) is -0.447. The van der Waals surface area contributed by atoms with Gasteiger partial charge in [0, 0.05) is 36.8 Å². The summed E-state index contributed by atoms with van der Waals surface area (Å²) in [6.45, 7) is 2.28. The number of amides is 1. The van der Waals surface area contributed by atoms with E-state index in [2.05, 4.69) is 10.2 Å². The van der Waals surface area contributed by atoms with Crippen molar-refractivity contribution in [3.05, 3.63) is 54.3 Å². The zero-order chi connectivity index (χ0) is 20.1. The van der Waals surface area contributed by atoms with E-state index < -0.39 is 10.0 Å². The first-order chi connectivity index (χ1) is 13.3. The molecule has 1 amide bonds. The summed E-state index contributed by atoms with van der Waals surface area (Å²) in [7, 11) is -1.63. The highest BCUT2D eigenvalue weighted by Crippen LogP contribution is 2.22. The third-order valence-electron chi connectivity index (χ3n) is 4.40. The van der Waals surface area contributed by atoms with Crippen LogP contribution in [0.3, 0.4) is 0 Å². The SMILES string of the molecule is CN1CCN(S(=O)(=O)c2cccc(NC(=O)CSc3ccc(F)cc3)c2)CC1. The van der Waals surface area contributed by atoms with Crippen LogP contribution in [0.1, 0.15) is 0 Å². The van der Waals surface area contributed by atoms with E-state index in [0.717, 1.165) is 4.90 Å². The Labute approximate surface area is 168 Å². The first-order valence-electron chi connectivity index (χ1n) is 8.81. The Hall–Kier alpha value is -1.94. The summed E-state index contributed by atoms with van der Waals surface area (Å²) in [6, 6.07) is 12.2. The van der Waals surface area contributed by atoms with Crippen LogP contribution in [0.2, 0.25) is 0 Å². The fourth-order valence-corrected chi connectivity index (χ4v) is 4.96. The van der Waals surface area contributed by atoms with Gasteiger partial charge < -0.3 is 10.2 Å². The van der Waals surface area contributed by atoms with Gasteiger partial charge in [0.05, 0.1) is 10.6 Å². The molecule has 2 aromatic rings. The van der Waals surface area contributed by atoms with Gasteiger partial charge in [-0.05, 0) is 49.5 Å². The molecule has 0 aromatic heterocycles. The monoisotopic (exact) mass is 423 g/mol. The second kappa shape index (κ2) is 9.04. The summed E-state index contributed by atoms with van der Waals surface area (Å²) >= 11 is 1.28. The molecule has 150 valence electrons. The Bertz CT molecular complexity index is 928. The summed E-state index contributed by atoms with van der Waals surface area (Å²) < 4.78 is 40.0. The van der Waals surface area contributed by atoms with Crippen molar-refractivity contribution in [2.24, 2.45) is 0 Å². The third kappa shape index (κ3) is 5.32. The van der Waals surface area contributed by atoms with Crippen molar-refractivity contribution in [1.29, 1.82) is 0 Å². The average Bonchev–Trinajstić information content (AvgIpc) is 2.68. The number of piperazine rings is 1. The van der Waals surface area contributed by atoms with E-state index in [1.165, 1.54) is 40.3 Å². The molecule has 0 radical (unpaired) electrons. The lowest BCUT2D eigenvalue weighted by Crippen LogP contribution is -2.47. The van der Waals surface area contributed by atoms with Crippen molar-refractivity contribution in [2.45, 2.75) is 9.79 Å². The van der Waals surface area contributed by atoms with Crippen LogP contribution in [-0.2, 0) is 14.8 Å². The average molecular weight is 424 g/mol. The Morgan fingerprint density at radius 1 is 1.11 bits per heavy atom. The zero-order valence-electron chi connectivity index (χ0n) is 15.5. The molecular weight excluding hydrogens is 401 g/mol. The van der Waals surface area contributed by atoms with Gasteiger partial charge in [0.25, 0.3) is 0 Å². The van der Waals surface area contributed by atoms with Crippen LogP contribution in [-0.4, -0.2) is 62.5 Å². The molecule has 1 heterocycles. The molecule has 1 aliphatic heterocycles. The Morgan fingerprint density at radius 3 is 2.46 bits per heavy atom. The first-order valence-corrected chi connectivity index (χ1v) is 11.2. The molecule has 9 heteroatoms. The van der Waals surface area contributed by atoms with Crippen molar-refractivity contribution in [2.75, 3.05) is 44.3 Å². The highest BCUT2D eigenvalue weighted by molar-refractivity contribution is 8.00. The van der Waals surface area contributed by atoms with E-state index in [1.807, 2.05) is 7.05 Å². The molecule has 0 spiro atoms. The number of anilines is 1. The number of hydrogen-bond donors (Lipinski definition) is 1. The van der Waals surface area contributed by atoms with E-state index in [4.69, 9.17) is 0 Å². The zero-order valence-corrected chi connectivity index (χ0v) is 17.1. The number of rotatable bonds is 6. The van der Waals surface area contributed by atoms with Gasteiger partial charge in [0.15, 0.2) is 0 Å². The largest absolute Gasteiger partial charge is 0.325 e. The van der Waals surface area contributed by atoms with Crippen molar-refractivity contribution in [3.63, 3.8) is 0 Å². The standard InChI is InChI=1S/C19H22FN3O3S2/c1-22-9-11-23(12-10-22)28(25,26)18-4-2-3-16(13-18)21-19(24)14-27-17-7-5-15(20)6-8-17/h2-8,13H,9-12,14H2,1H3,(H,21,24). The van der Waals surface area contributed by atoms with Crippen LogP contribution in [0.15, 0.2) is 58.3 Å². The number of sulfonamides is 1. The lowest BCUT2D eigenvalue weighted by Gasteiger charge is -2.31. The minimum Gasteiger partial charge on any atom is -0.325 e. The molecule has 0 atom stereocenters. The van der Waals surface area contributed by atoms with Crippen LogP contribution < -0.4 is 5.32 Å². The number of halogens is 1.